The van der Waals surface area contributed by atoms with Gasteiger partial charge in [-0.3, -0.25) is 9.59 Å². The Hall–Kier alpha value is -2.89. The third-order valence-electron chi connectivity index (χ3n) is 3.60. The molecule has 0 atom stereocenters. The monoisotopic (exact) mass is 358 g/mol. The molecule has 0 aliphatic rings. The molecule has 0 saturated carbocycles. The molecule has 6 heteroatoms. The van der Waals surface area contributed by atoms with Crippen molar-refractivity contribution in [1.82, 2.24) is 0 Å². The highest BCUT2D eigenvalue weighted by Gasteiger charge is 2.16. The van der Waals surface area contributed by atoms with E-state index in [1.54, 1.807) is 36.4 Å². The predicted molar refractivity (Wildman–Crippen MR) is 99.9 cm³/mol. The lowest BCUT2D eigenvalue weighted by Crippen LogP contribution is -2.32. The van der Waals surface area contributed by atoms with Crippen molar-refractivity contribution in [3.8, 4) is 5.75 Å². The quantitative estimate of drug-likeness (QED) is 0.814. The van der Waals surface area contributed by atoms with Crippen LogP contribution in [0, 0.1) is 5.82 Å². The number of carbonyl (C=O) groups is 2. The molecule has 1 N–H and O–H groups in total. The van der Waals surface area contributed by atoms with Gasteiger partial charge in [-0.05, 0) is 50.2 Å². The Morgan fingerprint density at radius 2 is 1.77 bits per heavy atom. The van der Waals surface area contributed by atoms with Gasteiger partial charge in [0.05, 0.1) is 11.8 Å². The first-order valence-electron chi connectivity index (χ1n) is 8.46. The summed E-state index contributed by atoms with van der Waals surface area (Å²) in [4.78, 5) is 25.2. The second kappa shape index (κ2) is 8.99. The number of anilines is 2. The van der Waals surface area contributed by atoms with Crippen LogP contribution in [-0.4, -0.2) is 24.5 Å². The first-order chi connectivity index (χ1) is 12.4. The Labute approximate surface area is 152 Å². The normalized spacial score (nSPS) is 10.5. The lowest BCUT2D eigenvalue weighted by Gasteiger charge is -2.21. The number of benzene rings is 2. The smallest absolute Gasteiger partial charge is 0.226 e. The highest BCUT2D eigenvalue weighted by Crippen LogP contribution is 2.20. The third kappa shape index (κ3) is 5.58. The molecule has 0 aliphatic heterocycles. The van der Waals surface area contributed by atoms with E-state index in [-0.39, 0.29) is 36.6 Å². The number of para-hydroxylation sites is 1. The molecule has 2 amide bonds. The van der Waals surface area contributed by atoms with Gasteiger partial charge in [-0.25, -0.2) is 4.39 Å². The predicted octanol–water partition coefficient (Wildman–Crippen LogP) is 3.99. The number of hydrogen-bond donors (Lipinski definition) is 1. The molecule has 0 aliphatic carbocycles. The second-order valence-electron chi connectivity index (χ2n) is 6.11. The van der Waals surface area contributed by atoms with Crippen LogP contribution >= 0.6 is 0 Å². The number of nitrogens with one attached hydrogen (secondary N) is 1. The lowest BCUT2D eigenvalue weighted by molar-refractivity contribution is -0.117. The van der Waals surface area contributed by atoms with Crippen molar-refractivity contribution in [2.75, 3.05) is 16.8 Å². The number of ether oxygens (including phenoxy) is 1. The molecule has 138 valence electrons. The Morgan fingerprint density at radius 3 is 2.35 bits per heavy atom. The average molecular weight is 358 g/mol. The van der Waals surface area contributed by atoms with E-state index < -0.39 is 5.82 Å². The van der Waals surface area contributed by atoms with E-state index in [2.05, 4.69) is 5.32 Å². The Bertz CT molecular complexity index is 760. The number of nitrogens with zero attached hydrogens (tertiary/aromatic N) is 1. The summed E-state index contributed by atoms with van der Waals surface area (Å²) in [7, 11) is 0. The summed E-state index contributed by atoms with van der Waals surface area (Å²) in [6.45, 7) is 5.31. The van der Waals surface area contributed by atoms with Crippen molar-refractivity contribution >= 4 is 23.2 Å². The lowest BCUT2D eigenvalue weighted by atomic mass is 10.2. The van der Waals surface area contributed by atoms with Crippen molar-refractivity contribution < 1.29 is 18.7 Å². The van der Waals surface area contributed by atoms with Gasteiger partial charge in [0, 0.05) is 25.6 Å². The van der Waals surface area contributed by atoms with Gasteiger partial charge in [0.2, 0.25) is 11.8 Å². The van der Waals surface area contributed by atoms with Crippen molar-refractivity contribution in [3.63, 3.8) is 0 Å². The first-order valence-corrected chi connectivity index (χ1v) is 8.46. The molecule has 0 fully saturated rings. The number of amides is 2. The number of hydrogen-bond acceptors (Lipinski definition) is 3. The molecule has 0 bridgehead atoms. The standard InChI is InChI=1S/C20H23FN2O3/c1-14(2)26-17-10-8-16(9-11-17)22-20(25)12-13-23(15(3)24)19-7-5-4-6-18(19)21/h4-11,14H,12-13H2,1-3H3,(H,22,25). The maximum Gasteiger partial charge on any atom is 0.226 e. The zero-order chi connectivity index (χ0) is 19.1. The highest BCUT2D eigenvalue weighted by atomic mass is 19.1. The summed E-state index contributed by atoms with van der Waals surface area (Å²) >= 11 is 0. The molecule has 0 radical (unpaired) electrons. The summed E-state index contributed by atoms with van der Waals surface area (Å²) in [6.07, 6.45) is 0.129. The maximum absolute atomic E-state index is 13.9. The summed E-state index contributed by atoms with van der Waals surface area (Å²) in [5.74, 6) is -0.354. The molecule has 0 saturated heterocycles. The van der Waals surface area contributed by atoms with Crippen molar-refractivity contribution in [3.05, 3.63) is 54.3 Å². The first kappa shape index (κ1) is 19.4. The minimum atomic E-state index is -0.496. The molecule has 5 nitrogen and oxygen atoms in total. The van der Waals surface area contributed by atoms with E-state index in [1.807, 2.05) is 13.8 Å². The highest BCUT2D eigenvalue weighted by molar-refractivity contribution is 5.94. The fraction of sp³-hybridized carbons (Fsp3) is 0.300. The van der Waals surface area contributed by atoms with Crippen molar-refractivity contribution in [2.45, 2.75) is 33.3 Å². The minimum absolute atomic E-state index is 0.0537. The van der Waals surface area contributed by atoms with Gasteiger partial charge in [0.25, 0.3) is 0 Å². The maximum atomic E-state index is 13.9. The third-order valence-corrected chi connectivity index (χ3v) is 3.60. The van der Waals surface area contributed by atoms with Crippen LogP contribution in [0.2, 0.25) is 0 Å². The second-order valence-corrected chi connectivity index (χ2v) is 6.11. The largest absolute Gasteiger partial charge is 0.491 e. The van der Waals surface area contributed by atoms with E-state index in [1.165, 1.54) is 24.0 Å². The Kier molecular flexibility index (Phi) is 6.72. The summed E-state index contributed by atoms with van der Waals surface area (Å²) in [6, 6.07) is 13.0. The molecule has 26 heavy (non-hydrogen) atoms. The molecule has 0 unspecified atom stereocenters. The zero-order valence-corrected chi connectivity index (χ0v) is 15.2. The van der Waals surface area contributed by atoms with Gasteiger partial charge in [0.1, 0.15) is 11.6 Å². The SMILES string of the molecule is CC(=O)N(CCC(=O)Nc1ccc(OC(C)C)cc1)c1ccccc1F. The van der Waals surface area contributed by atoms with Crippen LogP contribution in [0.5, 0.6) is 5.75 Å². The topological polar surface area (TPSA) is 58.6 Å². The van der Waals surface area contributed by atoms with Crippen LogP contribution in [0.3, 0.4) is 0 Å². The van der Waals surface area contributed by atoms with E-state index in [0.717, 1.165) is 5.75 Å². The molecule has 0 heterocycles. The van der Waals surface area contributed by atoms with Crippen molar-refractivity contribution in [1.29, 1.82) is 0 Å². The van der Waals surface area contributed by atoms with Gasteiger partial charge < -0.3 is 15.0 Å². The summed E-state index contributed by atoms with van der Waals surface area (Å²) in [5.41, 5.74) is 0.800. The molecular formula is C20H23FN2O3. The Morgan fingerprint density at radius 1 is 1.12 bits per heavy atom. The van der Waals surface area contributed by atoms with Crippen LogP contribution in [0.15, 0.2) is 48.5 Å². The number of carbonyl (C=O) groups excluding carboxylic acids is 2. The van der Waals surface area contributed by atoms with Gasteiger partial charge in [-0.2, -0.15) is 0 Å². The fourth-order valence-corrected chi connectivity index (χ4v) is 2.44. The average Bonchev–Trinajstić information content (AvgIpc) is 2.57. The fourth-order valence-electron chi connectivity index (χ4n) is 2.44. The van der Waals surface area contributed by atoms with Crippen LogP contribution in [0.4, 0.5) is 15.8 Å². The Balaban J connectivity index is 1.94. The van der Waals surface area contributed by atoms with Crippen LogP contribution in [-0.2, 0) is 9.59 Å². The summed E-state index contributed by atoms with van der Waals surface area (Å²) < 4.78 is 19.4. The minimum Gasteiger partial charge on any atom is -0.491 e. The molecular weight excluding hydrogens is 335 g/mol. The molecule has 2 aromatic carbocycles. The van der Waals surface area contributed by atoms with E-state index in [0.29, 0.717) is 5.69 Å². The van der Waals surface area contributed by atoms with E-state index in [9.17, 15) is 14.0 Å². The van der Waals surface area contributed by atoms with Crippen LogP contribution < -0.4 is 15.0 Å². The molecule has 2 aromatic rings. The van der Waals surface area contributed by atoms with E-state index >= 15 is 0 Å². The molecule has 2 rings (SSSR count). The molecule has 0 spiro atoms. The van der Waals surface area contributed by atoms with Gasteiger partial charge in [-0.1, -0.05) is 12.1 Å². The van der Waals surface area contributed by atoms with Gasteiger partial charge in [-0.15, -0.1) is 0 Å². The number of halogens is 1. The number of rotatable bonds is 7. The van der Waals surface area contributed by atoms with Crippen LogP contribution in [0.25, 0.3) is 0 Å². The molecule has 0 aromatic heterocycles. The zero-order valence-electron chi connectivity index (χ0n) is 15.2. The van der Waals surface area contributed by atoms with Gasteiger partial charge in [0.15, 0.2) is 0 Å². The summed E-state index contributed by atoms with van der Waals surface area (Å²) in [5, 5.41) is 2.76. The van der Waals surface area contributed by atoms with Crippen LogP contribution in [0.1, 0.15) is 27.2 Å². The van der Waals surface area contributed by atoms with Crippen molar-refractivity contribution in [2.24, 2.45) is 0 Å². The van der Waals surface area contributed by atoms with E-state index in [4.69, 9.17) is 4.74 Å². The van der Waals surface area contributed by atoms with Gasteiger partial charge >= 0.3 is 0 Å².